The number of carbonyl (C=O) groups excluding carboxylic acids is 1. The fourth-order valence-electron chi connectivity index (χ4n) is 2.20. The number of morpholine rings is 1. The van der Waals surface area contributed by atoms with Crippen LogP contribution in [0.5, 0.6) is 0 Å². The van der Waals surface area contributed by atoms with Crippen LogP contribution in [0, 0.1) is 6.92 Å². The van der Waals surface area contributed by atoms with E-state index < -0.39 is 0 Å². The van der Waals surface area contributed by atoms with Crippen molar-refractivity contribution in [1.82, 2.24) is 10.2 Å². The van der Waals surface area contributed by atoms with Gasteiger partial charge in [0.2, 0.25) is 5.91 Å². The van der Waals surface area contributed by atoms with Crippen LogP contribution in [-0.4, -0.2) is 43.2 Å². The second kappa shape index (κ2) is 7.20. The van der Waals surface area contributed by atoms with Gasteiger partial charge in [0.1, 0.15) is 0 Å². The molecule has 1 atom stereocenters. The van der Waals surface area contributed by atoms with Crippen LogP contribution in [0.4, 0.5) is 0 Å². The van der Waals surface area contributed by atoms with Crippen molar-refractivity contribution in [3.63, 3.8) is 0 Å². The molecule has 110 valence electrons. The molecule has 1 saturated heterocycles. The largest absolute Gasteiger partial charge is 0.378 e. The van der Waals surface area contributed by atoms with E-state index in [-0.39, 0.29) is 11.9 Å². The van der Waals surface area contributed by atoms with Gasteiger partial charge in [-0.3, -0.25) is 4.79 Å². The molecule has 1 aliphatic rings. The normalized spacial score (nSPS) is 17.1. The highest BCUT2D eigenvalue weighted by Gasteiger charge is 2.21. The molecule has 1 fully saturated rings. The van der Waals surface area contributed by atoms with Crippen molar-refractivity contribution in [1.29, 1.82) is 0 Å². The highest BCUT2D eigenvalue weighted by Crippen LogP contribution is 2.18. The molecule has 1 N–H and O–H groups in total. The van der Waals surface area contributed by atoms with Gasteiger partial charge in [0.05, 0.1) is 19.3 Å². The molecule has 1 amide bonds. The van der Waals surface area contributed by atoms with Crippen LogP contribution < -0.4 is 5.32 Å². The fourth-order valence-corrected chi connectivity index (χ4v) is 2.84. The van der Waals surface area contributed by atoms with Gasteiger partial charge in [-0.25, -0.2) is 0 Å². The SMILES string of the molecule is Cc1ccc(CNC(C)C(=O)N2CCOCC2)c(Br)c1. The molecular formula is C15H21BrN2O2. The van der Waals surface area contributed by atoms with E-state index in [2.05, 4.69) is 46.4 Å². The molecule has 2 rings (SSSR count). The summed E-state index contributed by atoms with van der Waals surface area (Å²) >= 11 is 3.56. The number of ether oxygens (including phenoxy) is 1. The Morgan fingerprint density at radius 3 is 2.80 bits per heavy atom. The first kappa shape index (κ1) is 15.5. The number of amides is 1. The first-order chi connectivity index (χ1) is 9.58. The van der Waals surface area contributed by atoms with E-state index in [4.69, 9.17) is 4.74 Å². The fraction of sp³-hybridized carbons (Fsp3) is 0.533. The Hall–Kier alpha value is -0.910. The summed E-state index contributed by atoms with van der Waals surface area (Å²) in [5.74, 6) is 0.150. The highest BCUT2D eigenvalue weighted by atomic mass is 79.9. The summed E-state index contributed by atoms with van der Waals surface area (Å²) < 4.78 is 6.34. The van der Waals surface area contributed by atoms with E-state index in [1.165, 1.54) is 5.56 Å². The summed E-state index contributed by atoms with van der Waals surface area (Å²) in [5.41, 5.74) is 2.38. The smallest absolute Gasteiger partial charge is 0.239 e. The number of rotatable bonds is 4. The molecular weight excluding hydrogens is 320 g/mol. The second-order valence-corrected chi connectivity index (χ2v) is 5.99. The minimum atomic E-state index is -0.179. The summed E-state index contributed by atoms with van der Waals surface area (Å²) in [5, 5.41) is 3.29. The predicted octanol–water partition coefficient (Wildman–Crippen LogP) is 2.09. The van der Waals surface area contributed by atoms with Crippen molar-refractivity contribution in [3.05, 3.63) is 33.8 Å². The van der Waals surface area contributed by atoms with Gasteiger partial charge in [0, 0.05) is 24.1 Å². The van der Waals surface area contributed by atoms with Crippen LogP contribution >= 0.6 is 15.9 Å². The monoisotopic (exact) mass is 340 g/mol. The van der Waals surface area contributed by atoms with Crippen LogP contribution in [0.15, 0.2) is 22.7 Å². The second-order valence-electron chi connectivity index (χ2n) is 5.14. The number of hydrogen-bond acceptors (Lipinski definition) is 3. The average Bonchev–Trinajstić information content (AvgIpc) is 2.46. The lowest BCUT2D eigenvalue weighted by Gasteiger charge is -2.29. The molecule has 0 bridgehead atoms. The zero-order chi connectivity index (χ0) is 14.5. The van der Waals surface area contributed by atoms with Gasteiger partial charge in [0.15, 0.2) is 0 Å². The number of aryl methyl sites for hydroxylation is 1. The molecule has 1 aliphatic heterocycles. The molecule has 4 nitrogen and oxygen atoms in total. The van der Waals surface area contributed by atoms with Crippen molar-refractivity contribution in [2.45, 2.75) is 26.4 Å². The summed E-state index contributed by atoms with van der Waals surface area (Å²) in [4.78, 5) is 14.1. The Balaban J connectivity index is 1.87. The maximum atomic E-state index is 12.3. The Morgan fingerprint density at radius 2 is 2.15 bits per heavy atom. The van der Waals surface area contributed by atoms with E-state index >= 15 is 0 Å². The number of benzene rings is 1. The van der Waals surface area contributed by atoms with Crippen LogP contribution in [0.25, 0.3) is 0 Å². The maximum absolute atomic E-state index is 12.3. The number of hydrogen-bond donors (Lipinski definition) is 1. The Morgan fingerprint density at radius 1 is 1.45 bits per heavy atom. The first-order valence-electron chi connectivity index (χ1n) is 6.93. The summed E-state index contributed by atoms with van der Waals surface area (Å²) in [7, 11) is 0. The highest BCUT2D eigenvalue weighted by molar-refractivity contribution is 9.10. The summed E-state index contributed by atoms with van der Waals surface area (Å²) in [6.45, 7) is 7.33. The average molecular weight is 341 g/mol. The van der Waals surface area contributed by atoms with Gasteiger partial charge in [0.25, 0.3) is 0 Å². The molecule has 0 saturated carbocycles. The molecule has 0 aromatic heterocycles. The number of nitrogens with one attached hydrogen (secondary N) is 1. The van der Waals surface area contributed by atoms with Crippen LogP contribution in [0.1, 0.15) is 18.1 Å². The third-order valence-electron chi connectivity index (χ3n) is 3.50. The van der Waals surface area contributed by atoms with E-state index in [1.807, 2.05) is 11.8 Å². The van der Waals surface area contributed by atoms with Gasteiger partial charge < -0.3 is 15.0 Å². The summed E-state index contributed by atoms with van der Waals surface area (Å²) in [6.07, 6.45) is 0. The lowest BCUT2D eigenvalue weighted by atomic mass is 10.1. The minimum absolute atomic E-state index is 0.150. The van der Waals surface area contributed by atoms with Crippen LogP contribution in [0.3, 0.4) is 0 Å². The molecule has 1 aromatic rings. The Bertz CT molecular complexity index is 473. The molecule has 20 heavy (non-hydrogen) atoms. The van der Waals surface area contributed by atoms with Gasteiger partial charge >= 0.3 is 0 Å². The topological polar surface area (TPSA) is 41.6 Å². The van der Waals surface area contributed by atoms with Crippen molar-refractivity contribution in [2.24, 2.45) is 0 Å². The van der Waals surface area contributed by atoms with Crippen molar-refractivity contribution < 1.29 is 9.53 Å². The molecule has 1 aromatic carbocycles. The van der Waals surface area contributed by atoms with Crippen LogP contribution in [0.2, 0.25) is 0 Å². The third kappa shape index (κ3) is 4.04. The Labute approximate surface area is 128 Å². The van der Waals surface area contributed by atoms with Gasteiger partial charge in [-0.15, -0.1) is 0 Å². The molecule has 1 unspecified atom stereocenters. The lowest BCUT2D eigenvalue weighted by molar-refractivity contribution is -0.137. The number of halogens is 1. The van der Waals surface area contributed by atoms with E-state index in [0.29, 0.717) is 32.8 Å². The molecule has 0 aliphatic carbocycles. The Kier molecular flexibility index (Phi) is 5.57. The first-order valence-corrected chi connectivity index (χ1v) is 7.72. The van der Waals surface area contributed by atoms with E-state index in [1.54, 1.807) is 0 Å². The van der Waals surface area contributed by atoms with Crippen molar-refractivity contribution >= 4 is 21.8 Å². The standard InChI is InChI=1S/C15H21BrN2O2/c1-11-3-4-13(14(16)9-11)10-17-12(2)15(19)18-5-7-20-8-6-18/h3-4,9,12,17H,5-8,10H2,1-2H3. The van der Waals surface area contributed by atoms with Crippen LogP contribution in [-0.2, 0) is 16.1 Å². The van der Waals surface area contributed by atoms with E-state index in [9.17, 15) is 4.79 Å². The van der Waals surface area contributed by atoms with Gasteiger partial charge in [-0.05, 0) is 31.0 Å². The molecule has 0 spiro atoms. The lowest BCUT2D eigenvalue weighted by Crippen LogP contribution is -2.49. The summed E-state index contributed by atoms with van der Waals surface area (Å²) in [6, 6.07) is 6.07. The van der Waals surface area contributed by atoms with Gasteiger partial charge in [-0.2, -0.15) is 0 Å². The molecule has 1 heterocycles. The minimum Gasteiger partial charge on any atom is -0.378 e. The maximum Gasteiger partial charge on any atom is 0.239 e. The number of nitrogens with zero attached hydrogens (tertiary/aromatic N) is 1. The van der Waals surface area contributed by atoms with Crippen molar-refractivity contribution in [3.8, 4) is 0 Å². The van der Waals surface area contributed by atoms with Crippen molar-refractivity contribution in [2.75, 3.05) is 26.3 Å². The number of carbonyl (C=O) groups is 1. The predicted molar refractivity (Wildman–Crippen MR) is 82.6 cm³/mol. The molecule has 5 heteroatoms. The molecule has 0 radical (unpaired) electrons. The zero-order valence-electron chi connectivity index (χ0n) is 12.0. The zero-order valence-corrected chi connectivity index (χ0v) is 13.6. The van der Waals surface area contributed by atoms with Gasteiger partial charge in [-0.1, -0.05) is 28.1 Å². The quantitative estimate of drug-likeness (QED) is 0.912. The third-order valence-corrected chi connectivity index (χ3v) is 4.24. The van der Waals surface area contributed by atoms with E-state index in [0.717, 1.165) is 10.0 Å².